The second kappa shape index (κ2) is 8.99. The summed E-state index contributed by atoms with van der Waals surface area (Å²) < 4.78 is 1.95. The van der Waals surface area contributed by atoms with E-state index in [1.807, 2.05) is 22.9 Å². The molecule has 1 aliphatic heterocycles. The zero-order valence-corrected chi connectivity index (χ0v) is 15.9. The molecule has 1 aliphatic rings. The fourth-order valence-electron chi connectivity index (χ4n) is 3.75. The number of nitrogens with zero attached hydrogens (tertiary/aromatic N) is 3. The molecule has 0 spiro atoms. The first-order chi connectivity index (χ1) is 12.7. The maximum Gasteiger partial charge on any atom is 0.254 e. The molecule has 1 aromatic carbocycles. The molecule has 1 aromatic heterocycles. The number of carbonyl (C=O) groups is 1. The Morgan fingerprint density at radius 2 is 1.92 bits per heavy atom. The summed E-state index contributed by atoms with van der Waals surface area (Å²) in [5.74, 6) is 0.0232. The molecule has 1 amide bonds. The Labute approximate surface area is 156 Å². The van der Waals surface area contributed by atoms with Gasteiger partial charge in [0.1, 0.15) is 0 Å². The maximum atomic E-state index is 12.8. The quantitative estimate of drug-likeness (QED) is 0.831. The molecule has 5 heteroatoms. The normalized spacial score (nSPS) is 15.9. The Balaban J connectivity index is 1.63. The summed E-state index contributed by atoms with van der Waals surface area (Å²) in [7, 11) is 0. The van der Waals surface area contributed by atoms with Crippen LogP contribution in [0.1, 0.15) is 54.7 Å². The van der Waals surface area contributed by atoms with Crippen molar-refractivity contribution in [3.8, 4) is 0 Å². The number of likely N-dealkylation sites (tertiary alicyclic amines) is 1. The molecule has 140 valence electrons. The second-order valence-corrected chi connectivity index (χ2v) is 7.09. The van der Waals surface area contributed by atoms with Crippen LogP contribution in [-0.4, -0.2) is 46.3 Å². The molecule has 2 aromatic rings. The Morgan fingerprint density at radius 1 is 1.19 bits per heavy atom. The number of nitrogens with one attached hydrogen (secondary N) is 1. The zero-order chi connectivity index (χ0) is 18.4. The van der Waals surface area contributed by atoms with Gasteiger partial charge in [-0.05, 0) is 37.8 Å². The highest BCUT2D eigenvalue weighted by Gasteiger charge is 2.23. The van der Waals surface area contributed by atoms with Crippen molar-refractivity contribution in [2.75, 3.05) is 19.6 Å². The molecule has 0 radical (unpaired) electrons. The van der Waals surface area contributed by atoms with Gasteiger partial charge in [0.15, 0.2) is 0 Å². The predicted molar refractivity (Wildman–Crippen MR) is 104 cm³/mol. The van der Waals surface area contributed by atoms with Crippen molar-refractivity contribution in [2.45, 2.75) is 52.1 Å². The molecular formula is C21H30N4O. The van der Waals surface area contributed by atoms with E-state index in [-0.39, 0.29) is 11.9 Å². The van der Waals surface area contributed by atoms with Gasteiger partial charge in [-0.25, -0.2) is 0 Å². The van der Waals surface area contributed by atoms with Gasteiger partial charge in [0.05, 0.1) is 24.0 Å². The Kier molecular flexibility index (Phi) is 6.45. The zero-order valence-electron chi connectivity index (χ0n) is 15.9. The SMILES string of the molecule is CCCN1CCC(NC(=O)c2cnn(Cc3ccccc3)c2CC)CC1. The number of hydrogen-bond donors (Lipinski definition) is 1. The van der Waals surface area contributed by atoms with Gasteiger partial charge in [-0.1, -0.05) is 44.2 Å². The molecule has 1 saturated heterocycles. The summed E-state index contributed by atoms with van der Waals surface area (Å²) in [6.07, 6.45) is 5.78. The standard InChI is InChI=1S/C21H30N4O/c1-3-12-24-13-10-18(11-14-24)23-21(26)19-15-22-25(20(19)4-2)16-17-8-6-5-7-9-17/h5-9,15,18H,3-4,10-14,16H2,1-2H3,(H,23,26). The van der Waals surface area contributed by atoms with E-state index in [1.54, 1.807) is 6.20 Å². The monoisotopic (exact) mass is 354 g/mol. The molecule has 0 atom stereocenters. The summed E-state index contributed by atoms with van der Waals surface area (Å²) >= 11 is 0. The summed E-state index contributed by atoms with van der Waals surface area (Å²) in [5, 5.41) is 7.71. The molecule has 3 rings (SSSR count). The third kappa shape index (κ3) is 4.52. The summed E-state index contributed by atoms with van der Waals surface area (Å²) in [5.41, 5.74) is 2.93. The van der Waals surface area contributed by atoms with E-state index >= 15 is 0 Å². The first-order valence-corrected chi connectivity index (χ1v) is 9.83. The average Bonchev–Trinajstić information content (AvgIpc) is 3.07. The van der Waals surface area contributed by atoms with E-state index in [4.69, 9.17) is 0 Å². The number of benzene rings is 1. The number of hydrogen-bond acceptors (Lipinski definition) is 3. The van der Waals surface area contributed by atoms with Gasteiger partial charge in [-0.15, -0.1) is 0 Å². The lowest BCUT2D eigenvalue weighted by Gasteiger charge is -2.32. The van der Waals surface area contributed by atoms with Crippen LogP contribution < -0.4 is 5.32 Å². The summed E-state index contributed by atoms with van der Waals surface area (Å²) in [6.45, 7) is 8.31. The lowest BCUT2D eigenvalue weighted by molar-refractivity contribution is 0.0910. The van der Waals surface area contributed by atoms with Crippen LogP contribution in [0.15, 0.2) is 36.5 Å². The van der Waals surface area contributed by atoms with Crippen LogP contribution in [0, 0.1) is 0 Å². The third-order valence-electron chi connectivity index (χ3n) is 5.17. The van der Waals surface area contributed by atoms with Crippen molar-refractivity contribution < 1.29 is 4.79 Å². The predicted octanol–water partition coefficient (Wildman–Crippen LogP) is 3.10. The molecule has 26 heavy (non-hydrogen) atoms. The Hall–Kier alpha value is -2.14. The number of carbonyl (C=O) groups excluding carboxylic acids is 1. The Morgan fingerprint density at radius 3 is 2.58 bits per heavy atom. The number of rotatable bonds is 7. The van der Waals surface area contributed by atoms with Crippen LogP contribution in [0.5, 0.6) is 0 Å². The van der Waals surface area contributed by atoms with Gasteiger partial charge in [-0.3, -0.25) is 9.48 Å². The molecule has 5 nitrogen and oxygen atoms in total. The molecule has 0 aliphatic carbocycles. The number of aromatic nitrogens is 2. The van der Waals surface area contributed by atoms with Crippen molar-refractivity contribution in [3.63, 3.8) is 0 Å². The van der Waals surface area contributed by atoms with Crippen molar-refractivity contribution in [1.82, 2.24) is 20.0 Å². The van der Waals surface area contributed by atoms with Crippen molar-refractivity contribution in [3.05, 3.63) is 53.3 Å². The van der Waals surface area contributed by atoms with Gasteiger partial charge < -0.3 is 10.2 Å². The van der Waals surface area contributed by atoms with Crippen molar-refractivity contribution in [1.29, 1.82) is 0 Å². The topological polar surface area (TPSA) is 50.2 Å². The number of amides is 1. The summed E-state index contributed by atoms with van der Waals surface area (Å²) in [4.78, 5) is 15.3. The first-order valence-electron chi connectivity index (χ1n) is 9.83. The lowest BCUT2D eigenvalue weighted by Crippen LogP contribution is -2.44. The van der Waals surface area contributed by atoms with Crippen LogP contribution in [0.3, 0.4) is 0 Å². The van der Waals surface area contributed by atoms with E-state index < -0.39 is 0 Å². The van der Waals surface area contributed by atoms with E-state index in [0.717, 1.165) is 50.2 Å². The Bertz CT molecular complexity index is 702. The minimum atomic E-state index is 0.0232. The molecule has 0 saturated carbocycles. The van der Waals surface area contributed by atoms with Gasteiger partial charge in [0.25, 0.3) is 5.91 Å². The van der Waals surface area contributed by atoms with Crippen LogP contribution in [-0.2, 0) is 13.0 Å². The highest BCUT2D eigenvalue weighted by atomic mass is 16.1. The van der Waals surface area contributed by atoms with Gasteiger partial charge in [0.2, 0.25) is 0 Å². The fraction of sp³-hybridized carbons (Fsp3) is 0.524. The van der Waals surface area contributed by atoms with Crippen LogP contribution in [0.2, 0.25) is 0 Å². The van der Waals surface area contributed by atoms with Gasteiger partial charge in [-0.2, -0.15) is 5.10 Å². The summed E-state index contributed by atoms with van der Waals surface area (Å²) in [6, 6.07) is 10.5. The van der Waals surface area contributed by atoms with E-state index in [9.17, 15) is 4.79 Å². The van der Waals surface area contributed by atoms with Gasteiger partial charge >= 0.3 is 0 Å². The van der Waals surface area contributed by atoms with Crippen molar-refractivity contribution in [2.24, 2.45) is 0 Å². The average molecular weight is 354 g/mol. The highest BCUT2D eigenvalue weighted by molar-refractivity contribution is 5.95. The van der Waals surface area contributed by atoms with Crippen molar-refractivity contribution >= 4 is 5.91 Å². The molecule has 2 heterocycles. The second-order valence-electron chi connectivity index (χ2n) is 7.09. The van der Waals surface area contributed by atoms with E-state index in [1.165, 1.54) is 12.0 Å². The van der Waals surface area contributed by atoms with E-state index in [2.05, 4.69) is 41.3 Å². The largest absolute Gasteiger partial charge is 0.349 e. The van der Waals surface area contributed by atoms with Crippen LogP contribution in [0.4, 0.5) is 0 Å². The number of piperidine rings is 1. The lowest BCUT2D eigenvalue weighted by atomic mass is 10.0. The first kappa shape index (κ1) is 18.6. The van der Waals surface area contributed by atoms with Crippen LogP contribution >= 0.6 is 0 Å². The molecule has 0 unspecified atom stereocenters. The van der Waals surface area contributed by atoms with E-state index in [0.29, 0.717) is 6.54 Å². The molecule has 0 bridgehead atoms. The maximum absolute atomic E-state index is 12.8. The highest BCUT2D eigenvalue weighted by Crippen LogP contribution is 2.15. The fourth-order valence-corrected chi connectivity index (χ4v) is 3.75. The third-order valence-corrected chi connectivity index (χ3v) is 5.17. The molecular weight excluding hydrogens is 324 g/mol. The van der Waals surface area contributed by atoms with Gasteiger partial charge in [0, 0.05) is 19.1 Å². The molecule has 1 fully saturated rings. The minimum absolute atomic E-state index is 0.0232. The minimum Gasteiger partial charge on any atom is -0.349 e. The van der Waals surface area contributed by atoms with Crippen LogP contribution in [0.25, 0.3) is 0 Å². The molecule has 1 N–H and O–H groups in total. The smallest absolute Gasteiger partial charge is 0.254 e.